The second kappa shape index (κ2) is 8.57. The Kier molecular flexibility index (Phi) is 5.82. The molecule has 2 heterocycles. The zero-order valence-electron chi connectivity index (χ0n) is 17.0. The van der Waals surface area contributed by atoms with Gasteiger partial charge in [-0.05, 0) is 49.7 Å². The maximum atomic E-state index is 12.5. The molecular formula is C22H18Cl2N4O4. The molecule has 0 aliphatic heterocycles. The smallest absolute Gasteiger partial charge is 0.343 e. The van der Waals surface area contributed by atoms with Gasteiger partial charge in [0.2, 0.25) is 0 Å². The zero-order chi connectivity index (χ0) is 23.0. The van der Waals surface area contributed by atoms with Crippen molar-refractivity contribution in [2.24, 2.45) is 0 Å². The lowest BCUT2D eigenvalue weighted by Crippen LogP contribution is -2.20. The largest absolute Gasteiger partial charge is 0.423 e. The van der Waals surface area contributed by atoms with Crippen molar-refractivity contribution in [3.63, 3.8) is 0 Å². The Balaban J connectivity index is 1.68. The van der Waals surface area contributed by atoms with Gasteiger partial charge in [-0.3, -0.25) is 19.8 Å². The number of rotatable bonds is 5. The van der Waals surface area contributed by atoms with E-state index in [-0.39, 0.29) is 21.7 Å². The van der Waals surface area contributed by atoms with Crippen LogP contribution in [0, 0.1) is 13.8 Å². The lowest BCUT2D eigenvalue weighted by molar-refractivity contribution is 0.0734. The van der Waals surface area contributed by atoms with Crippen LogP contribution < -0.4 is 15.9 Å². The van der Waals surface area contributed by atoms with Crippen LogP contribution in [0.15, 0.2) is 52.1 Å². The van der Waals surface area contributed by atoms with Crippen molar-refractivity contribution in [3.8, 4) is 5.75 Å². The third-order valence-corrected chi connectivity index (χ3v) is 5.92. The van der Waals surface area contributed by atoms with Crippen LogP contribution in [-0.4, -0.2) is 26.4 Å². The Morgan fingerprint density at radius 3 is 1.84 bits per heavy atom. The second-order valence-electron chi connectivity index (χ2n) is 7.26. The van der Waals surface area contributed by atoms with Gasteiger partial charge < -0.3 is 14.9 Å². The maximum Gasteiger partial charge on any atom is 0.343 e. The van der Waals surface area contributed by atoms with Crippen molar-refractivity contribution in [3.05, 3.63) is 107 Å². The van der Waals surface area contributed by atoms with Crippen LogP contribution in [0.5, 0.6) is 5.75 Å². The second-order valence-corrected chi connectivity index (χ2v) is 8.07. The quantitative estimate of drug-likeness (QED) is 0.258. The molecule has 164 valence electrons. The van der Waals surface area contributed by atoms with Crippen LogP contribution in [0.3, 0.4) is 0 Å². The molecule has 2 aromatic heterocycles. The molecule has 0 spiro atoms. The highest BCUT2D eigenvalue weighted by molar-refractivity contribution is 6.42. The van der Waals surface area contributed by atoms with E-state index < -0.39 is 11.9 Å². The first-order valence-corrected chi connectivity index (χ1v) is 10.3. The van der Waals surface area contributed by atoms with Gasteiger partial charge in [0.25, 0.3) is 11.1 Å². The van der Waals surface area contributed by atoms with Crippen molar-refractivity contribution < 1.29 is 9.53 Å². The number of aromatic nitrogens is 4. The number of aryl methyl sites for hydroxylation is 2. The highest BCUT2D eigenvalue weighted by Crippen LogP contribution is 2.32. The number of carbonyl (C=O) groups excluding carboxylic acids is 1. The van der Waals surface area contributed by atoms with Crippen molar-refractivity contribution in [1.82, 2.24) is 20.4 Å². The molecule has 0 fully saturated rings. The summed E-state index contributed by atoms with van der Waals surface area (Å²) in [4.78, 5) is 37.4. The average Bonchev–Trinajstić information content (AvgIpc) is 3.27. The molecule has 0 saturated carbocycles. The van der Waals surface area contributed by atoms with Gasteiger partial charge in [0.15, 0.2) is 0 Å². The lowest BCUT2D eigenvalue weighted by Gasteiger charge is -2.16. The SMILES string of the molecule is Cc1[nH][nH]c(=O)c1C(c1ccc(OC(=O)c2ccc(Cl)c(Cl)c2)cc1)c1c(C)[nH][nH]c1=O. The van der Waals surface area contributed by atoms with Crippen LogP contribution in [0.25, 0.3) is 0 Å². The summed E-state index contributed by atoms with van der Waals surface area (Å²) in [5.74, 6) is -0.925. The highest BCUT2D eigenvalue weighted by Gasteiger charge is 2.28. The van der Waals surface area contributed by atoms with E-state index in [2.05, 4.69) is 20.4 Å². The fraction of sp³-hybridized carbons (Fsp3) is 0.136. The van der Waals surface area contributed by atoms with E-state index in [4.69, 9.17) is 27.9 Å². The molecule has 32 heavy (non-hydrogen) atoms. The normalized spacial score (nSPS) is 11.2. The van der Waals surface area contributed by atoms with Crippen molar-refractivity contribution in [2.45, 2.75) is 19.8 Å². The number of hydrogen-bond acceptors (Lipinski definition) is 4. The fourth-order valence-corrected chi connectivity index (χ4v) is 3.90. The summed E-state index contributed by atoms with van der Waals surface area (Å²) in [6.45, 7) is 3.51. The molecule has 0 atom stereocenters. The number of esters is 1. The van der Waals surface area contributed by atoms with Gasteiger partial charge in [-0.25, -0.2) is 4.79 Å². The predicted octanol–water partition coefficient (Wildman–Crippen LogP) is 4.04. The molecule has 0 aliphatic carbocycles. The van der Waals surface area contributed by atoms with Gasteiger partial charge in [-0.2, -0.15) is 0 Å². The molecule has 2 aromatic carbocycles. The number of halogens is 2. The Morgan fingerprint density at radius 1 is 0.812 bits per heavy atom. The first-order valence-electron chi connectivity index (χ1n) is 9.57. The monoisotopic (exact) mass is 472 g/mol. The van der Waals surface area contributed by atoms with E-state index in [9.17, 15) is 14.4 Å². The first-order chi connectivity index (χ1) is 15.3. The summed E-state index contributed by atoms with van der Waals surface area (Å²) in [5, 5.41) is 11.3. The maximum absolute atomic E-state index is 12.5. The molecule has 8 nitrogen and oxygen atoms in total. The van der Waals surface area contributed by atoms with E-state index >= 15 is 0 Å². The van der Waals surface area contributed by atoms with Gasteiger partial charge in [0.1, 0.15) is 5.75 Å². The molecule has 4 aromatic rings. The van der Waals surface area contributed by atoms with Crippen LogP contribution in [0.2, 0.25) is 10.0 Å². The highest BCUT2D eigenvalue weighted by atomic mass is 35.5. The van der Waals surface area contributed by atoms with Crippen molar-refractivity contribution in [2.75, 3.05) is 0 Å². The van der Waals surface area contributed by atoms with Crippen molar-refractivity contribution in [1.29, 1.82) is 0 Å². The number of hydrogen-bond donors (Lipinski definition) is 4. The Bertz CT molecular complexity index is 1360. The number of benzene rings is 2. The summed E-state index contributed by atoms with van der Waals surface area (Å²) in [7, 11) is 0. The summed E-state index contributed by atoms with van der Waals surface area (Å²) in [6, 6.07) is 11.1. The third kappa shape index (κ3) is 4.02. The van der Waals surface area contributed by atoms with Crippen molar-refractivity contribution >= 4 is 29.2 Å². The standard InChI is InChI=1S/C22H18Cl2N4O4/c1-10-17(20(29)27-25-10)19(18-11(2)26-28-21(18)30)12-3-6-14(7-4-12)32-22(31)13-5-8-15(23)16(24)9-13/h3-9,19H,1-2H3,(H2,25,27,29)(H2,26,28,30). The van der Waals surface area contributed by atoms with Gasteiger partial charge in [-0.15, -0.1) is 0 Å². The van der Waals surface area contributed by atoms with Gasteiger partial charge in [-0.1, -0.05) is 35.3 Å². The minimum Gasteiger partial charge on any atom is -0.423 e. The predicted molar refractivity (Wildman–Crippen MR) is 121 cm³/mol. The summed E-state index contributed by atoms with van der Waals surface area (Å²) in [5.41, 5.74) is 2.40. The third-order valence-electron chi connectivity index (χ3n) is 5.18. The molecule has 0 amide bonds. The molecule has 4 N–H and O–H groups in total. The number of aromatic amines is 4. The fourth-order valence-electron chi connectivity index (χ4n) is 3.60. The van der Waals surface area contributed by atoms with Gasteiger partial charge in [0.05, 0.1) is 26.7 Å². The Labute approximate surface area is 191 Å². The van der Waals surface area contributed by atoms with Crippen LogP contribution in [-0.2, 0) is 0 Å². The Morgan fingerprint density at radius 2 is 1.38 bits per heavy atom. The molecule has 0 unspecified atom stereocenters. The van der Waals surface area contributed by atoms with Gasteiger partial charge >= 0.3 is 5.97 Å². The first kappa shape index (κ1) is 21.7. The average molecular weight is 473 g/mol. The number of nitrogens with one attached hydrogen (secondary N) is 4. The molecule has 4 rings (SSSR count). The van der Waals surface area contributed by atoms with Gasteiger partial charge in [0, 0.05) is 17.3 Å². The minimum absolute atomic E-state index is 0.249. The molecular weight excluding hydrogens is 455 g/mol. The topological polar surface area (TPSA) is 124 Å². The minimum atomic E-state index is -0.625. The summed E-state index contributed by atoms with van der Waals surface area (Å²) >= 11 is 11.8. The van der Waals surface area contributed by atoms with Crippen LogP contribution in [0.4, 0.5) is 0 Å². The number of ether oxygens (including phenoxy) is 1. The van der Waals surface area contributed by atoms with Crippen LogP contribution >= 0.6 is 23.2 Å². The lowest BCUT2D eigenvalue weighted by atomic mass is 9.85. The van der Waals surface area contributed by atoms with E-state index in [1.165, 1.54) is 18.2 Å². The molecule has 0 radical (unpaired) electrons. The molecule has 0 aliphatic rings. The molecule has 0 saturated heterocycles. The zero-order valence-corrected chi connectivity index (χ0v) is 18.5. The van der Waals surface area contributed by atoms with Crippen LogP contribution in [0.1, 0.15) is 44.4 Å². The van der Waals surface area contributed by atoms with E-state index in [0.29, 0.717) is 38.9 Å². The van der Waals surface area contributed by atoms with E-state index in [1.54, 1.807) is 38.1 Å². The number of carbonyl (C=O) groups is 1. The number of H-pyrrole nitrogens is 4. The molecule has 10 heteroatoms. The van der Waals surface area contributed by atoms with E-state index in [0.717, 1.165) is 0 Å². The molecule has 0 bridgehead atoms. The Hall–Kier alpha value is -3.49. The summed E-state index contributed by atoms with van der Waals surface area (Å²) < 4.78 is 5.42. The summed E-state index contributed by atoms with van der Waals surface area (Å²) in [6.07, 6.45) is 0. The van der Waals surface area contributed by atoms with E-state index in [1.807, 2.05) is 0 Å².